The van der Waals surface area contributed by atoms with Gasteiger partial charge in [0.15, 0.2) is 0 Å². The molecule has 1 aliphatic carbocycles. The van der Waals surface area contributed by atoms with Crippen molar-refractivity contribution in [2.24, 2.45) is 17.8 Å². The number of rotatable bonds is 4. The molecule has 0 aromatic heterocycles. The van der Waals surface area contributed by atoms with Crippen LogP contribution in [-0.2, 0) is 4.74 Å². The van der Waals surface area contributed by atoms with Gasteiger partial charge in [-0.15, -0.1) is 0 Å². The molecule has 2 fully saturated rings. The average Bonchev–Trinajstić information content (AvgIpc) is 2.78. The lowest BCUT2D eigenvalue weighted by atomic mass is 9.79. The molecule has 2 nitrogen and oxygen atoms in total. The fourth-order valence-electron chi connectivity index (χ4n) is 3.20. The fraction of sp³-hybridized carbons (Fsp3) is 1.00. The van der Waals surface area contributed by atoms with Crippen molar-refractivity contribution in [3.05, 3.63) is 0 Å². The van der Waals surface area contributed by atoms with Crippen molar-refractivity contribution < 1.29 is 4.74 Å². The molecular formula is C14H27NO. The van der Waals surface area contributed by atoms with Crippen molar-refractivity contribution in [3.63, 3.8) is 0 Å². The first-order chi connectivity index (χ1) is 7.75. The minimum Gasteiger partial charge on any atom is -0.381 e. The highest BCUT2D eigenvalue weighted by atomic mass is 16.5. The molecule has 1 N–H and O–H groups in total. The quantitative estimate of drug-likeness (QED) is 0.794. The van der Waals surface area contributed by atoms with Crippen molar-refractivity contribution in [1.29, 1.82) is 0 Å². The molecule has 1 heterocycles. The number of hydrogen-bond donors (Lipinski definition) is 1. The van der Waals surface area contributed by atoms with E-state index >= 15 is 0 Å². The first kappa shape index (κ1) is 12.4. The Hall–Kier alpha value is -0.0800. The topological polar surface area (TPSA) is 21.3 Å². The predicted molar refractivity (Wildman–Crippen MR) is 67.5 cm³/mol. The Morgan fingerprint density at radius 1 is 1.31 bits per heavy atom. The molecule has 94 valence electrons. The van der Waals surface area contributed by atoms with Crippen molar-refractivity contribution in [1.82, 2.24) is 5.32 Å². The van der Waals surface area contributed by atoms with Crippen LogP contribution in [0, 0.1) is 17.8 Å². The van der Waals surface area contributed by atoms with E-state index in [4.69, 9.17) is 4.74 Å². The van der Waals surface area contributed by atoms with Crippen molar-refractivity contribution in [2.75, 3.05) is 19.8 Å². The highest BCUT2D eigenvalue weighted by molar-refractivity contribution is 4.80. The van der Waals surface area contributed by atoms with Crippen LogP contribution in [0.4, 0.5) is 0 Å². The lowest BCUT2D eigenvalue weighted by Gasteiger charge is -2.32. The van der Waals surface area contributed by atoms with E-state index in [1.807, 2.05) is 0 Å². The van der Waals surface area contributed by atoms with Crippen LogP contribution >= 0.6 is 0 Å². The van der Waals surface area contributed by atoms with E-state index in [0.717, 1.165) is 37.5 Å². The molecular weight excluding hydrogens is 198 g/mol. The van der Waals surface area contributed by atoms with Crippen LogP contribution in [0.5, 0.6) is 0 Å². The molecule has 16 heavy (non-hydrogen) atoms. The zero-order valence-electron chi connectivity index (χ0n) is 10.9. The summed E-state index contributed by atoms with van der Waals surface area (Å²) in [6, 6.07) is 0.698. The van der Waals surface area contributed by atoms with Gasteiger partial charge < -0.3 is 10.1 Å². The van der Waals surface area contributed by atoms with E-state index in [1.54, 1.807) is 0 Å². The lowest BCUT2D eigenvalue weighted by Crippen LogP contribution is -2.38. The maximum atomic E-state index is 5.41. The first-order valence-corrected chi connectivity index (χ1v) is 7.07. The molecule has 0 radical (unpaired) electrons. The second-order valence-electron chi connectivity index (χ2n) is 5.96. The maximum absolute atomic E-state index is 5.41. The van der Waals surface area contributed by atoms with Crippen LogP contribution in [-0.4, -0.2) is 25.8 Å². The Kier molecular flexibility index (Phi) is 4.66. The van der Waals surface area contributed by atoms with Crippen LogP contribution in [0.1, 0.15) is 46.0 Å². The summed E-state index contributed by atoms with van der Waals surface area (Å²) >= 11 is 0. The van der Waals surface area contributed by atoms with Crippen molar-refractivity contribution >= 4 is 0 Å². The minimum absolute atomic E-state index is 0.698. The Balaban J connectivity index is 1.67. The van der Waals surface area contributed by atoms with Gasteiger partial charge in [0.2, 0.25) is 0 Å². The van der Waals surface area contributed by atoms with Crippen LogP contribution in [0.15, 0.2) is 0 Å². The van der Waals surface area contributed by atoms with Gasteiger partial charge >= 0.3 is 0 Å². The monoisotopic (exact) mass is 225 g/mol. The lowest BCUT2D eigenvalue weighted by molar-refractivity contribution is 0.181. The third-order valence-corrected chi connectivity index (χ3v) is 4.44. The van der Waals surface area contributed by atoms with Gasteiger partial charge in [0.25, 0.3) is 0 Å². The molecule has 0 aromatic carbocycles. The molecule has 4 atom stereocenters. The number of nitrogens with one attached hydrogen (secondary N) is 1. The highest BCUT2D eigenvalue weighted by Crippen LogP contribution is 2.30. The van der Waals surface area contributed by atoms with Crippen molar-refractivity contribution in [2.45, 2.75) is 52.0 Å². The molecule has 2 heteroatoms. The SMILES string of the molecule is CC1CCCC(C(C)NCC2CCOC2)C1. The Morgan fingerprint density at radius 3 is 2.88 bits per heavy atom. The summed E-state index contributed by atoms with van der Waals surface area (Å²) in [5, 5.41) is 3.73. The van der Waals surface area contributed by atoms with E-state index in [0.29, 0.717) is 6.04 Å². The van der Waals surface area contributed by atoms with Gasteiger partial charge in [-0.05, 0) is 43.9 Å². The summed E-state index contributed by atoms with van der Waals surface area (Å²) in [4.78, 5) is 0. The van der Waals surface area contributed by atoms with Gasteiger partial charge in [-0.1, -0.05) is 19.8 Å². The second kappa shape index (κ2) is 6.02. The summed E-state index contributed by atoms with van der Waals surface area (Å²) in [7, 11) is 0. The van der Waals surface area contributed by atoms with Gasteiger partial charge in [-0.2, -0.15) is 0 Å². The van der Waals surface area contributed by atoms with Crippen molar-refractivity contribution in [3.8, 4) is 0 Å². The van der Waals surface area contributed by atoms with E-state index in [1.165, 1.54) is 32.1 Å². The summed E-state index contributed by atoms with van der Waals surface area (Å²) in [6.45, 7) is 7.89. The molecule has 0 bridgehead atoms. The zero-order chi connectivity index (χ0) is 11.4. The third-order valence-electron chi connectivity index (χ3n) is 4.44. The van der Waals surface area contributed by atoms with Gasteiger partial charge in [0, 0.05) is 19.2 Å². The largest absolute Gasteiger partial charge is 0.381 e. The van der Waals surface area contributed by atoms with Gasteiger partial charge in [0.1, 0.15) is 0 Å². The molecule has 0 aromatic rings. The molecule has 4 unspecified atom stereocenters. The number of ether oxygens (including phenoxy) is 1. The summed E-state index contributed by atoms with van der Waals surface area (Å²) in [5.74, 6) is 2.62. The van der Waals surface area contributed by atoms with Gasteiger partial charge in [-0.3, -0.25) is 0 Å². The summed E-state index contributed by atoms with van der Waals surface area (Å²) < 4.78 is 5.41. The normalized spacial score (nSPS) is 37.5. The molecule has 1 saturated heterocycles. The van der Waals surface area contributed by atoms with Crippen LogP contribution in [0.3, 0.4) is 0 Å². The smallest absolute Gasteiger partial charge is 0.0507 e. The molecule has 0 spiro atoms. The number of hydrogen-bond acceptors (Lipinski definition) is 2. The maximum Gasteiger partial charge on any atom is 0.0507 e. The first-order valence-electron chi connectivity index (χ1n) is 7.07. The summed E-state index contributed by atoms with van der Waals surface area (Å²) in [5.41, 5.74) is 0. The molecule has 1 saturated carbocycles. The highest BCUT2D eigenvalue weighted by Gasteiger charge is 2.24. The molecule has 1 aliphatic heterocycles. The molecule has 2 aliphatic rings. The van der Waals surface area contributed by atoms with Gasteiger partial charge in [-0.25, -0.2) is 0 Å². The minimum atomic E-state index is 0.698. The standard InChI is InChI=1S/C14H27NO/c1-11-4-3-5-14(8-11)12(2)15-9-13-6-7-16-10-13/h11-15H,3-10H2,1-2H3. The average molecular weight is 225 g/mol. The van der Waals surface area contributed by atoms with E-state index < -0.39 is 0 Å². The second-order valence-corrected chi connectivity index (χ2v) is 5.96. The zero-order valence-corrected chi connectivity index (χ0v) is 10.9. The third kappa shape index (κ3) is 3.46. The predicted octanol–water partition coefficient (Wildman–Crippen LogP) is 2.83. The van der Waals surface area contributed by atoms with Crippen LogP contribution in [0.25, 0.3) is 0 Å². The Labute approximate surface area is 100 Å². The van der Waals surface area contributed by atoms with E-state index in [-0.39, 0.29) is 0 Å². The Bertz CT molecular complexity index is 201. The molecule has 0 amide bonds. The Morgan fingerprint density at radius 2 is 2.19 bits per heavy atom. The van der Waals surface area contributed by atoms with Gasteiger partial charge in [0.05, 0.1) is 6.61 Å². The van der Waals surface area contributed by atoms with E-state index in [9.17, 15) is 0 Å². The fourth-order valence-corrected chi connectivity index (χ4v) is 3.20. The summed E-state index contributed by atoms with van der Waals surface area (Å²) in [6.07, 6.45) is 6.99. The molecule has 2 rings (SSSR count). The van der Waals surface area contributed by atoms with Crippen LogP contribution in [0.2, 0.25) is 0 Å². The van der Waals surface area contributed by atoms with E-state index in [2.05, 4.69) is 19.2 Å². The van der Waals surface area contributed by atoms with Crippen LogP contribution < -0.4 is 5.32 Å².